The van der Waals surface area contributed by atoms with Crippen molar-refractivity contribution in [2.45, 2.75) is 26.7 Å². The van der Waals surface area contributed by atoms with E-state index in [2.05, 4.69) is 31.3 Å². The lowest BCUT2D eigenvalue weighted by Crippen LogP contribution is -2.09. The summed E-state index contributed by atoms with van der Waals surface area (Å²) in [4.78, 5) is 12.7. The summed E-state index contributed by atoms with van der Waals surface area (Å²) in [5, 5.41) is 2.99. The average Bonchev–Trinajstić information content (AvgIpc) is 2.53. The van der Waals surface area contributed by atoms with Gasteiger partial charge in [0.25, 0.3) is 0 Å². The van der Waals surface area contributed by atoms with Crippen molar-refractivity contribution < 1.29 is 4.79 Å². The summed E-state index contributed by atoms with van der Waals surface area (Å²) in [5.74, 6) is 0.747. The van der Waals surface area contributed by atoms with Gasteiger partial charge in [0.2, 0.25) is 0 Å². The highest BCUT2D eigenvalue weighted by Crippen LogP contribution is 2.18. The fraction of sp³-hybridized carbons (Fsp3) is 0.286. The lowest BCUT2D eigenvalue weighted by atomic mass is 9.95. The number of rotatable bonds is 7. The number of nitrogens with one attached hydrogen (secondary N) is 1. The van der Waals surface area contributed by atoms with Gasteiger partial charge in [0.15, 0.2) is 5.78 Å². The molecule has 2 aromatic carbocycles. The second kappa shape index (κ2) is 8.33. The molecule has 0 aromatic heterocycles. The molecule has 0 aliphatic heterocycles. The smallest absolute Gasteiger partial charge is 0.169 e. The highest BCUT2D eigenvalue weighted by molar-refractivity contribution is 6.21. The molecule has 120 valence electrons. The van der Waals surface area contributed by atoms with Crippen molar-refractivity contribution in [3.63, 3.8) is 0 Å². The summed E-state index contributed by atoms with van der Waals surface area (Å²) >= 11 is 0. The first kappa shape index (κ1) is 17.0. The molecule has 2 heteroatoms. The first-order valence-corrected chi connectivity index (χ1v) is 8.14. The van der Waals surface area contributed by atoms with Gasteiger partial charge in [-0.15, -0.1) is 0 Å². The van der Waals surface area contributed by atoms with Crippen molar-refractivity contribution in [2.75, 3.05) is 7.05 Å². The summed E-state index contributed by atoms with van der Waals surface area (Å²) in [5.41, 5.74) is 4.04. The number of benzene rings is 2. The van der Waals surface area contributed by atoms with Crippen molar-refractivity contribution in [1.29, 1.82) is 0 Å². The van der Waals surface area contributed by atoms with Gasteiger partial charge in [-0.1, -0.05) is 68.4 Å². The molecule has 0 spiro atoms. The molecule has 0 unspecified atom stereocenters. The molecule has 0 saturated heterocycles. The molecule has 2 aromatic rings. The number of carbonyl (C=O) groups is 1. The van der Waals surface area contributed by atoms with Crippen molar-refractivity contribution in [3.05, 3.63) is 77.5 Å². The van der Waals surface area contributed by atoms with E-state index < -0.39 is 0 Å². The van der Waals surface area contributed by atoms with E-state index in [0.29, 0.717) is 12.3 Å². The number of Topliss-reactive ketones (excluding diaryl/α,β-unsaturated/α-hetero) is 1. The summed E-state index contributed by atoms with van der Waals surface area (Å²) in [6, 6.07) is 18.2. The fourth-order valence-electron chi connectivity index (χ4n) is 2.71. The fourth-order valence-corrected chi connectivity index (χ4v) is 2.71. The zero-order valence-electron chi connectivity index (χ0n) is 14.2. The molecular weight excluding hydrogens is 282 g/mol. The number of carbonyl (C=O) groups excluding carboxylic acids is 1. The third kappa shape index (κ3) is 5.10. The molecule has 23 heavy (non-hydrogen) atoms. The molecule has 0 saturated carbocycles. The average molecular weight is 307 g/mol. The summed E-state index contributed by atoms with van der Waals surface area (Å²) < 4.78 is 0. The maximum Gasteiger partial charge on any atom is 0.169 e. The summed E-state index contributed by atoms with van der Waals surface area (Å²) in [6.07, 6.45) is 3.25. The maximum atomic E-state index is 12.7. The van der Waals surface area contributed by atoms with Crippen molar-refractivity contribution in [3.8, 4) is 0 Å². The minimum absolute atomic E-state index is 0.132. The quantitative estimate of drug-likeness (QED) is 0.775. The van der Waals surface area contributed by atoms with Crippen LogP contribution in [0, 0.1) is 5.92 Å². The van der Waals surface area contributed by atoms with E-state index in [1.54, 1.807) is 6.20 Å². The lowest BCUT2D eigenvalue weighted by molar-refractivity contribution is -0.113. The van der Waals surface area contributed by atoms with Gasteiger partial charge < -0.3 is 5.32 Å². The molecule has 0 fully saturated rings. The molecule has 0 bridgehead atoms. The van der Waals surface area contributed by atoms with Crippen LogP contribution in [0.25, 0.3) is 5.57 Å². The number of ketones is 1. The molecule has 0 heterocycles. The van der Waals surface area contributed by atoms with E-state index in [9.17, 15) is 4.79 Å². The molecule has 1 N–H and O–H groups in total. The zero-order chi connectivity index (χ0) is 16.7. The van der Waals surface area contributed by atoms with Crippen molar-refractivity contribution in [2.24, 2.45) is 5.92 Å². The van der Waals surface area contributed by atoms with Crippen LogP contribution in [0.15, 0.2) is 60.8 Å². The standard InChI is InChI=1S/C21H25NO/c1-16(2)12-17-8-7-9-18(13-17)14-21(23)20(15-22-3)19-10-5-4-6-11-19/h4-11,13,15-16,22H,12,14H2,1-3H3. The molecule has 2 nitrogen and oxygen atoms in total. The molecule has 0 amide bonds. The van der Waals surface area contributed by atoms with Crippen LogP contribution in [0.3, 0.4) is 0 Å². The SMILES string of the molecule is CNC=C(C(=O)Cc1cccc(CC(C)C)c1)c1ccccc1. The predicted molar refractivity (Wildman–Crippen MR) is 97.2 cm³/mol. The first-order valence-electron chi connectivity index (χ1n) is 8.14. The monoisotopic (exact) mass is 307 g/mol. The van der Waals surface area contributed by atoms with Gasteiger partial charge in [-0.3, -0.25) is 4.79 Å². The van der Waals surface area contributed by atoms with Crippen LogP contribution in [0.1, 0.15) is 30.5 Å². The van der Waals surface area contributed by atoms with Crippen molar-refractivity contribution in [1.82, 2.24) is 5.32 Å². The molecule has 0 radical (unpaired) electrons. The minimum atomic E-state index is 0.132. The number of allylic oxidation sites excluding steroid dienone is 1. The van der Waals surface area contributed by atoms with Gasteiger partial charge in [0.05, 0.1) is 0 Å². The Morgan fingerprint density at radius 1 is 1.04 bits per heavy atom. The van der Waals surface area contributed by atoms with Crippen LogP contribution in [-0.4, -0.2) is 12.8 Å². The molecule has 0 atom stereocenters. The van der Waals surface area contributed by atoms with E-state index in [4.69, 9.17) is 0 Å². The van der Waals surface area contributed by atoms with Gasteiger partial charge >= 0.3 is 0 Å². The van der Waals surface area contributed by atoms with Crippen LogP contribution < -0.4 is 5.32 Å². The molecular formula is C21H25NO. The second-order valence-corrected chi connectivity index (χ2v) is 6.23. The van der Waals surface area contributed by atoms with Gasteiger partial charge in [0.1, 0.15) is 0 Å². The first-order chi connectivity index (χ1) is 11.1. The van der Waals surface area contributed by atoms with E-state index in [-0.39, 0.29) is 5.78 Å². The Kier molecular flexibility index (Phi) is 6.16. The van der Waals surface area contributed by atoms with Crippen LogP contribution in [0.4, 0.5) is 0 Å². The van der Waals surface area contributed by atoms with E-state index in [1.165, 1.54) is 5.56 Å². The third-order valence-corrected chi connectivity index (χ3v) is 3.67. The molecule has 2 rings (SSSR count). The highest BCUT2D eigenvalue weighted by atomic mass is 16.1. The maximum absolute atomic E-state index is 12.7. The summed E-state index contributed by atoms with van der Waals surface area (Å²) in [6.45, 7) is 4.42. The zero-order valence-corrected chi connectivity index (χ0v) is 14.2. The predicted octanol–water partition coefficient (Wildman–Crippen LogP) is 4.26. The van der Waals surface area contributed by atoms with Crippen LogP contribution in [0.2, 0.25) is 0 Å². The third-order valence-electron chi connectivity index (χ3n) is 3.67. The van der Waals surface area contributed by atoms with Gasteiger partial charge in [0, 0.05) is 25.2 Å². The Balaban J connectivity index is 2.18. The van der Waals surface area contributed by atoms with Gasteiger partial charge in [-0.2, -0.15) is 0 Å². The Morgan fingerprint density at radius 3 is 2.39 bits per heavy atom. The van der Waals surface area contributed by atoms with E-state index >= 15 is 0 Å². The highest BCUT2D eigenvalue weighted by Gasteiger charge is 2.13. The Bertz CT molecular complexity index is 671. The molecule has 0 aliphatic rings. The summed E-state index contributed by atoms with van der Waals surface area (Å²) in [7, 11) is 1.82. The topological polar surface area (TPSA) is 29.1 Å². The Morgan fingerprint density at radius 2 is 1.74 bits per heavy atom. The lowest BCUT2D eigenvalue weighted by Gasteiger charge is -2.10. The van der Waals surface area contributed by atoms with Crippen molar-refractivity contribution >= 4 is 11.4 Å². The van der Waals surface area contributed by atoms with Crippen LogP contribution >= 0.6 is 0 Å². The number of hydrogen-bond acceptors (Lipinski definition) is 2. The Labute approximate surface area is 139 Å². The minimum Gasteiger partial charge on any atom is -0.393 e. The number of hydrogen-bond donors (Lipinski definition) is 1. The van der Waals surface area contributed by atoms with Crippen LogP contribution in [-0.2, 0) is 17.6 Å². The van der Waals surface area contributed by atoms with Crippen LogP contribution in [0.5, 0.6) is 0 Å². The van der Waals surface area contributed by atoms with E-state index in [0.717, 1.165) is 23.1 Å². The van der Waals surface area contributed by atoms with E-state index in [1.807, 2.05) is 49.5 Å². The molecule has 0 aliphatic carbocycles. The Hall–Kier alpha value is -2.35. The van der Waals surface area contributed by atoms with Gasteiger partial charge in [-0.05, 0) is 29.0 Å². The normalized spacial score (nSPS) is 11.6. The van der Waals surface area contributed by atoms with Gasteiger partial charge in [-0.25, -0.2) is 0 Å². The largest absolute Gasteiger partial charge is 0.393 e. The second-order valence-electron chi connectivity index (χ2n) is 6.23.